The number of amides is 1. The number of thiazole rings is 1. The number of rotatable bonds is 4. The summed E-state index contributed by atoms with van der Waals surface area (Å²) in [4.78, 5) is 17.2. The topological polar surface area (TPSA) is 70.7 Å². The Kier molecular flexibility index (Phi) is 4.25. The molecule has 5 nitrogen and oxygen atoms in total. The number of H-pyrrole nitrogens is 1. The number of halogens is 2. The number of nitrogens with zero attached hydrogens (tertiary/aromatic N) is 2. The minimum Gasteiger partial charge on any atom is -0.345 e. The first-order valence-corrected chi connectivity index (χ1v) is 8.26. The SMILES string of the molecule is O=C(NCc1nc(Cl)cs1)c1cn[nH]c1-c1ccc(Cl)s1. The van der Waals surface area contributed by atoms with Crippen LogP contribution in [-0.2, 0) is 6.54 Å². The highest BCUT2D eigenvalue weighted by Crippen LogP contribution is 2.31. The summed E-state index contributed by atoms with van der Waals surface area (Å²) in [6.07, 6.45) is 1.49. The van der Waals surface area contributed by atoms with Gasteiger partial charge in [-0.1, -0.05) is 23.2 Å². The van der Waals surface area contributed by atoms with E-state index in [4.69, 9.17) is 23.2 Å². The lowest BCUT2D eigenvalue weighted by atomic mass is 10.2. The number of nitrogens with one attached hydrogen (secondary N) is 2. The van der Waals surface area contributed by atoms with Crippen molar-refractivity contribution in [3.63, 3.8) is 0 Å². The van der Waals surface area contributed by atoms with Crippen molar-refractivity contribution in [3.8, 4) is 10.6 Å². The van der Waals surface area contributed by atoms with Gasteiger partial charge in [-0.05, 0) is 12.1 Å². The molecule has 0 bridgehead atoms. The van der Waals surface area contributed by atoms with Gasteiger partial charge in [0.15, 0.2) is 0 Å². The zero-order chi connectivity index (χ0) is 14.8. The van der Waals surface area contributed by atoms with Crippen LogP contribution in [0.4, 0.5) is 0 Å². The Balaban J connectivity index is 1.75. The van der Waals surface area contributed by atoms with E-state index in [1.165, 1.54) is 28.9 Å². The van der Waals surface area contributed by atoms with Crippen molar-refractivity contribution in [1.29, 1.82) is 0 Å². The van der Waals surface area contributed by atoms with E-state index in [0.29, 0.717) is 27.3 Å². The van der Waals surface area contributed by atoms with Gasteiger partial charge in [0, 0.05) is 5.38 Å². The predicted octanol–water partition coefficient (Wildman–Crippen LogP) is 3.83. The Bertz CT molecular complexity index is 780. The molecule has 0 unspecified atom stereocenters. The van der Waals surface area contributed by atoms with Crippen LogP contribution in [-0.4, -0.2) is 21.1 Å². The van der Waals surface area contributed by atoms with Crippen LogP contribution in [0.2, 0.25) is 9.49 Å². The Morgan fingerprint density at radius 1 is 1.38 bits per heavy atom. The molecule has 0 radical (unpaired) electrons. The summed E-state index contributed by atoms with van der Waals surface area (Å²) in [5.74, 6) is -0.227. The van der Waals surface area contributed by atoms with Crippen molar-refractivity contribution >= 4 is 51.8 Å². The lowest BCUT2D eigenvalue weighted by molar-refractivity contribution is 0.0951. The molecule has 108 valence electrons. The van der Waals surface area contributed by atoms with E-state index in [1.54, 1.807) is 11.4 Å². The highest BCUT2D eigenvalue weighted by Gasteiger charge is 2.16. The number of carbonyl (C=O) groups excluding carboxylic acids is 1. The number of hydrogen-bond donors (Lipinski definition) is 2. The second-order valence-corrected chi connectivity index (χ2v) is 7.05. The largest absolute Gasteiger partial charge is 0.345 e. The van der Waals surface area contributed by atoms with Gasteiger partial charge < -0.3 is 5.32 Å². The molecule has 3 aromatic heterocycles. The van der Waals surface area contributed by atoms with Gasteiger partial charge in [-0.2, -0.15) is 5.10 Å². The molecule has 0 atom stereocenters. The van der Waals surface area contributed by atoms with Gasteiger partial charge >= 0.3 is 0 Å². The summed E-state index contributed by atoms with van der Waals surface area (Å²) in [6.45, 7) is 0.325. The molecule has 0 saturated carbocycles. The summed E-state index contributed by atoms with van der Waals surface area (Å²) >= 11 is 14.4. The van der Waals surface area contributed by atoms with E-state index >= 15 is 0 Å². The first-order chi connectivity index (χ1) is 10.1. The molecule has 0 fully saturated rings. The van der Waals surface area contributed by atoms with Crippen molar-refractivity contribution in [3.05, 3.63) is 43.8 Å². The number of hydrogen-bond acceptors (Lipinski definition) is 5. The maximum atomic E-state index is 12.2. The van der Waals surface area contributed by atoms with Crippen LogP contribution in [0, 0.1) is 0 Å². The molecule has 0 spiro atoms. The molecule has 3 rings (SSSR count). The minimum atomic E-state index is -0.227. The van der Waals surface area contributed by atoms with Crippen molar-refractivity contribution in [2.24, 2.45) is 0 Å². The number of carbonyl (C=O) groups is 1. The molecule has 2 N–H and O–H groups in total. The van der Waals surface area contributed by atoms with Crippen molar-refractivity contribution in [1.82, 2.24) is 20.5 Å². The first-order valence-electron chi connectivity index (χ1n) is 5.80. The van der Waals surface area contributed by atoms with E-state index in [0.717, 1.165) is 9.88 Å². The predicted molar refractivity (Wildman–Crippen MR) is 85.2 cm³/mol. The molecule has 9 heteroatoms. The summed E-state index contributed by atoms with van der Waals surface area (Å²) in [5.41, 5.74) is 1.12. The number of aromatic nitrogens is 3. The standard InChI is InChI=1S/C12H8Cl2N4OS2/c13-8-5-20-10(17-8)4-15-12(19)6-3-16-18-11(6)7-1-2-9(14)21-7/h1-3,5H,4H2,(H,15,19)(H,16,18). The van der Waals surface area contributed by atoms with Gasteiger partial charge in [0.25, 0.3) is 5.91 Å². The highest BCUT2D eigenvalue weighted by molar-refractivity contribution is 7.19. The zero-order valence-corrected chi connectivity index (χ0v) is 13.5. The fourth-order valence-electron chi connectivity index (χ4n) is 1.72. The maximum Gasteiger partial charge on any atom is 0.255 e. The van der Waals surface area contributed by atoms with Gasteiger partial charge in [-0.15, -0.1) is 22.7 Å². The average molecular weight is 359 g/mol. The number of aromatic amines is 1. The summed E-state index contributed by atoms with van der Waals surface area (Å²) in [7, 11) is 0. The minimum absolute atomic E-state index is 0.227. The normalized spacial score (nSPS) is 10.8. The van der Waals surface area contributed by atoms with Crippen molar-refractivity contribution < 1.29 is 4.79 Å². The molecular weight excluding hydrogens is 351 g/mol. The Morgan fingerprint density at radius 3 is 2.90 bits per heavy atom. The zero-order valence-electron chi connectivity index (χ0n) is 10.4. The van der Waals surface area contributed by atoms with Gasteiger partial charge in [0.2, 0.25) is 0 Å². The monoisotopic (exact) mass is 358 g/mol. The lowest BCUT2D eigenvalue weighted by Gasteiger charge is -2.02. The first kappa shape index (κ1) is 14.5. The van der Waals surface area contributed by atoms with E-state index < -0.39 is 0 Å². The Morgan fingerprint density at radius 2 is 2.24 bits per heavy atom. The molecule has 3 aromatic rings. The summed E-state index contributed by atoms with van der Waals surface area (Å²) in [6, 6.07) is 3.62. The molecule has 1 amide bonds. The molecule has 0 aromatic carbocycles. The summed E-state index contributed by atoms with van der Waals surface area (Å²) < 4.78 is 0.656. The van der Waals surface area contributed by atoms with E-state index in [1.807, 2.05) is 6.07 Å². The van der Waals surface area contributed by atoms with E-state index in [-0.39, 0.29) is 5.91 Å². The Hall–Kier alpha value is -1.41. The van der Waals surface area contributed by atoms with Crippen LogP contribution in [0.3, 0.4) is 0 Å². The van der Waals surface area contributed by atoms with E-state index in [9.17, 15) is 4.79 Å². The fraction of sp³-hybridized carbons (Fsp3) is 0.0833. The fourth-order valence-corrected chi connectivity index (χ4v) is 3.65. The Labute approximate surface area is 137 Å². The van der Waals surface area contributed by atoms with Crippen LogP contribution >= 0.6 is 45.9 Å². The average Bonchev–Trinajstić information content (AvgIpc) is 3.16. The van der Waals surface area contributed by atoms with Gasteiger partial charge in [-0.25, -0.2) is 4.98 Å². The van der Waals surface area contributed by atoms with Crippen molar-refractivity contribution in [2.45, 2.75) is 6.54 Å². The molecular formula is C12H8Cl2N4OS2. The highest BCUT2D eigenvalue weighted by atomic mass is 35.5. The van der Waals surface area contributed by atoms with Crippen LogP contribution < -0.4 is 5.32 Å². The maximum absolute atomic E-state index is 12.2. The van der Waals surface area contributed by atoms with Crippen molar-refractivity contribution in [2.75, 3.05) is 0 Å². The second kappa shape index (κ2) is 6.15. The van der Waals surface area contributed by atoms with Crippen LogP contribution in [0.15, 0.2) is 23.7 Å². The number of thiophene rings is 1. The lowest BCUT2D eigenvalue weighted by Crippen LogP contribution is -2.22. The quantitative estimate of drug-likeness (QED) is 0.744. The van der Waals surface area contributed by atoms with Crippen LogP contribution in [0.25, 0.3) is 10.6 Å². The third kappa shape index (κ3) is 3.26. The van der Waals surface area contributed by atoms with Crippen LogP contribution in [0.1, 0.15) is 15.4 Å². The van der Waals surface area contributed by atoms with Gasteiger partial charge in [-0.3, -0.25) is 9.89 Å². The third-order valence-corrected chi connectivity index (χ3v) is 5.05. The molecule has 3 heterocycles. The second-order valence-electron chi connectivity index (χ2n) is 4.01. The van der Waals surface area contributed by atoms with E-state index in [2.05, 4.69) is 20.5 Å². The molecule has 0 aliphatic rings. The summed E-state index contributed by atoms with van der Waals surface area (Å²) in [5, 5.41) is 12.5. The molecule has 0 aliphatic heterocycles. The molecule has 21 heavy (non-hydrogen) atoms. The van der Waals surface area contributed by atoms with Gasteiger partial charge in [0.05, 0.1) is 33.2 Å². The smallest absolute Gasteiger partial charge is 0.255 e. The third-order valence-electron chi connectivity index (χ3n) is 2.63. The molecule has 0 saturated heterocycles. The van der Waals surface area contributed by atoms with Crippen LogP contribution in [0.5, 0.6) is 0 Å². The molecule has 0 aliphatic carbocycles. The van der Waals surface area contributed by atoms with Gasteiger partial charge in [0.1, 0.15) is 10.2 Å².